The lowest BCUT2D eigenvalue weighted by Crippen LogP contribution is -2.33. The molecule has 6 nitrogen and oxygen atoms in total. The van der Waals surface area contributed by atoms with E-state index in [9.17, 15) is 9.18 Å². The van der Waals surface area contributed by atoms with E-state index >= 15 is 0 Å². The molecule has 1 unspecified atom stereocenters. The van der Waals surface area contributed by atoms with Gasteiger partial charge in [-0.2, -0.15) is 0 Å². The zero-order chi connectivity index (χ0) is 21.6. The third-order valence-corrected chi connectivity index (χ3v) is 4.73. The number of carbonyl (C=O) groups is 1. The van der Waals surface area contributed by atoms with Crippen LogP contribution >= 0.6 is 0 Å². The van der Waals surface area contributed by atoms with Crippen LogP contribution in [-0.4, -0.2) is 35.9 Å². The summed E-state index contributed by atoms with van der Waals surface area (Å²) in [4.78, 5) is 17.1. The lowest BCUT2D eigenvalue weighted by molar-refractivity contribution is 0.0977. The molecule has 0 aliphatic heterocycles. The fraction of sp³-hybridized carbons (Fsp3) is 0.500. The van der Waals surface area contributed by atoms with Crippen molar-refractivity contribution in [2.75, 3.05) is 18.4 Å². The fourth-order valence-electron chi connectivity index (χ4n) is 3.07. The summed E-state index contributed by atoms with van der Waals surface area (Å²) in [6.45, 7) is 11.3. The van der Waals surface area contributed by atoms with Crippen LogP contribution in [0.25, 0.3) is 10.9 Å². The minimum absolute atomic E-state index is 0.0558. The Balaban J connectivity index is 2.25. The number of amides is 1. The second-order valence-corrected chi connectivity index (χ2v) is 7.88. The molecule has 0 saturated carbocycles. The third kappa shape index (κ3) is 6.49. The Kier molecular flexibility index (Phi) is 8.08. The topological polar surface area (TPSA) is 89.9 Å². The molecule has 0 radical (unpaired) electrons. The summed E-state index contributed by atoms with van der Waals surface area (Å²) in [5, 5.41) is 17.5. The first kappa shape index (κ1) is 22.7. The number of aromatic nitrogens is 1. The van der Waals surface area contributed by atoms with Crippen molar-refractivity contribution in [2.45, 2.75) is 53.5 Å². The molecule has 0 fully saturated rings. The number of halogens is 1. The van der Waals surface area contributed by atoms with Crippen LogP contribution in [0.2, 0.25) is 0 Å². The van der Waals surface area contributed by atoms with Gasteiger partial charge in [-0.3, -0.25) is 10.2 Å². The predicted octanol–water partition coefficient (Wildman–Crippen LogP) is 4.24. The first-order valence-electron chi connectivity index (χ1n) is 10.2. The van der Waals surface area contributed by atoms with E-state index in [1.54, 1.807) is 19.1 Å². The SMILES string of the molecule is CCC(CCNc1nc2cc(F)c(C)cc2cc1C(=O)NC(C)=N)NCC(C)C. The molecule has 29 heavy (non-hydrogen) atoms. The summed E-state index contributed by atoms with van der Waals surface area (Å²) in [7, 11) is 0. The van der Waals surface area contributed by atoms with Crippen LogP contribution in [0, 0.1) is 24.1 Å². The van der Waals surface area contributed by atoms with Crippen LogP contribution in [0.3, 0.4) is 0 Å². The summed E-state index contributed by atoms with van der Waals surface area (Å²) in [5.74, 6) is 0.310. The minimum atomic E-state index is -0.402. The number of carbonyl (C=O) groups excluding carboxylic acids is 1. The number of amidine groups is 1. The van der Waals surface area contributed by atoms with Crippen LogP contribution in [-0.2, 0) is 0 Å². The van der Waals surface area contributed by atoms with Crippen LogP contribution < -0.4 is 16.0 Å². The van der Waals surface area contributed by atoms with Gasteiger partial charge in [-0.25, -0.2) is 9.37 Å². The molecule has 7 heteroatoms. The van der Waals surface area contributed by atoms with Crippen molar-refractivity contribution in [1.29, 1.82) is 5.41 Å². The van der Waals surface area contributed by atoms with E-state index in [1.807, 2.05) is 0 Å². The average molecular weight is 402 g/mol. The number of benzene rings is 1. The maximum absolute atomic E-state index is 14.0. The van der Waals surface area contributed by atoms with Gasteiger partial charge in [0.2, 0.25) is 0 Å². The molecular formula is C22H32FN5O. The molecule has 158 valence electrons. The molecule has 1 aromatic carbocycles. The van der Waals surface area contributed by atoms with E-state index < -0.39 is 5.91 Å². The number of pyridine rings is 1. The van der Waals surface area contributed by atoms with Crippen LogP contribution in [0.1, 0.15) is 56.5 Å². The molecule has 1 amide bonds. The van der Waals surface area contributed by atoms with E-state index in [4.69, 9.17) is 5.41 Å². The summed E-state index contributed by atoms with van der Waals surface area (Å²) >= 11 is 0. The number of anilines is 1. The van der Waals surface area contributed by atoms with E-state index in [2.05, 4.69) is 41.7 Å². The second kappa shape index (κ2) is 10.3. The molecule has 2 aromatic rings. The monoisotopic (exact) mass is 401 g/mol. The van der Waals surface area contributed by atoms with Gasteiger partial charge < -0.3 is 16.0 Å². The van der Waals surface area contributed by atoms with E-state index in [-0.39, 0.29) is 11.7 Å². The van der Waals surface area contributed by atoms with Gasteiger partial charge in [0.05, 0.1) is 16.9 Å². The van der Waals surface area contributed by atoms with Gasteiger partial charge in [-0.1, -0.05) is 20.8 Å². The van der Waals surface area contributed by atoms with Crippen molar-refractivity contribution in [1.82, 2.24) is 15.6 Å². The molecular weight excluding hydrogens is 369 g/mol. The smallest absolute Gasteiger partial charge is 0.260 e. The Labute approximate surface area is 172 Å². The van der Waals surface area contributed by atoms with E-state index in [1.165, 1.54) is 13.0 Å². The van der Waals surface area contributed by atoms with Crippen molar-refractivity contribution in [2.24, 2.45) is 5.92 Å². The Morgan fingerprint density at radius 3 is 2.62 bits per heavy atom. The Morgan fingerprint density at radius 2 is 2.00 bits per heavy atom. The van der Waals surface area contributed by atoms with Crippen LogP contribution in [0.5, 0.6) is 0 Å². The summed E-state index contributed by atoms with van der Waals surface area (Å²) in [5.41, 5.74) is 1.33. The van der Waals surface area contributed by atoms with Gasteiger partial charge in [0.15, 0.2) is 0 Å². The fourth-order valence-corrected chi connectivity index (χ4v) is 3.07. The summed E-state index contributed by atoms with van der Waals surface area (Å²) < 4.78 is 14.0. The number of nitrogens with zero attached hydrogens (tertiary/aromatic N) is 1. The Hall–Kier alpha value is -2.54. The van der Waals surface area contributed by atoms with Gasteiger partial charge in [0.1, 0.15) is 11.6 Å². The molecule has 0 aliphatic rings. The van der Waals surface area contributed by atoms with Gasteiger partial charge in [-0.15, -0.1) is 0 Å². The molecule has 1 aromatic heterocycles. The van der Waals surface area contributed by atoms with Crippen LogP contribution in [0.15, 0.2) is 18.2 Å². The molecule has 0 spiro atoms. The molecule has 0 saturated heterocycles. The third-order valence-electron chi connectivity index (χ3n) is 4.73. The highest BCUT2D eigenvalue weighted by Crippen LogP contribution is 2.23. The number of hydrogen-bond acceptors (Lipinski definition) is 5. The van der Waals surface area contributed by atoms with Gasteiger partial charge in [-0.05, 0) is 56.8 Å². The summed E-state index contributed by atoms with van der Waals surface area (Å²) in [6.07, 6.45) is 1.88. The van der Waals surface area contributed by atoms with E-state index in [0.717, 1.165) is 19.4 Å². The minimum Gasteiger partial charge on any atom is -0.369 e. The molecule has 4 N–H and O–H groups in total. The average Bonchev–Trinajstić information content (AvgIpc) is 2.64. The lowest BCUT2D eigenvalue weighted by Gasteiger charge is -2.19. The normalized spacial score (nSPS) is 12.2. The summed E-state index contributed by atoms with van der Waals surface area (Å²) in [6, 6.07) is 5.13. The quantitative estimate of drug-likeness (QED) is 0.374. The maximum atomic E-state index is 14.0. The van der Waals surface area contributed by atoms with Crippen molar-refractivity contribution in [3.63, 3.8) is 0 Å². The molecule has 1 atom stereocenters. The molecule has 1 heterocycles. The first-order valence-corrected chi connectivity index (χ1v) is 10.2. The predicted molar refractivity (Wildman–Crippen MR) is 117 cm³/mol. The maximum Gasteiger partial charge on any atom is 0.260 e. The highest BCUT2D eigenvalue weighted by molar-refractivity contribution is 6.09. The number of nitrogens with one attached hydrogen (secondary N) is 4. The number of hydrogen-bond donors (Lipinski definition) is 4. The van der Waals surface area contributed by atoms with E-state index in [0.29, 0.717) is 46.4 Å². The largest absolute Gasteiger partial charge is 0.369 e. The standard InChI is InChI=1S/C22H32FN5O/c1-6-17(26-12-13(2)3)7-8-25-21-18(22(29)27-15(5)24)10-16-9-14(4)19(23)11-20(16)28-21/h9-11,13,17,26H,6-8,12H2,1-5H3,(H,25,28)(H2,24,27,29). The lowest BCUT2D eigenvalue weighted by atomic mass is 10.1. The highest BCUT2D eigenvalue weighted by Gasteiger charge is 2.16. The molecule has 0 bridgehead atoms. The highest BCUT2D eigenvalue weighted by atomic mass is 19.1. The first-order chi connectivity index (χ1) is 13.7. The van der Waals surface area contributed by atoms with Gasteiger partial charge in [0.25, 0.3) is 5.91 Å². The zero-order valence-corrected chi connectivity index (χ0v) is 17.9. The van der Waals surface area contributed by atoms with Crippen molar-refractivity contribution >= 4 is 28.5 Å². The van der Waals surface area contributed by atoms with Crippen molar-refractivity contribution < 1.29 is 9.18 Å². The number of fused-ring (bicyclic) bond motifs is 1. The number of rotatable bonds is 9. The van der Waals surface area contributed by atoms with Crippen molar-refractivity contribution in [3.8, 4) is 0 Å². The molecule has 2 rings (SSSR count). The second-order valence-electron chi connectivity index (χ2n) is 7.88. The van der Waals surface area contributed by atoms with Gasteiger partial charge >= 0.3 is 0 Å². The van der Waals surface area contributed by atoms with Crippen LogP contribution in [0.4, 0.5) is 10.2 Å². The van der Waals surface area contributed by atoms with Crippen molar-refractivity contribution in [3.05, 3.63) is 35.1 Å². The van der Waals surface area contributed by atoms with Gasteiger partial charge in [0, 0.05) is 24.0 Å². The number of aryl methyl sites for hydroxylation is 1. The Morgan fingerprint density at radius 1 is 1.28 bits per heavy atom. The molecule has 0 aliphatic carbocycles. The zero-order valence-electron chi connectivity index (χ0n) is 17.9. The Bertz CT molecular complexity index is 881.